The molecule has 1 atom stereocenters. The molecule has 0 aromatic heterocycles. The maximum absolute atomic E-state index is 13.3. The van der Waals surface area contributed by atoms with Crippen LogP contribution in [0.4, 0.5) is 4.39 Å². The van der Waals surface area contributed by atoms with Crippen molar-refractivity contribution in [1.82, 2.24) is 0 Å². The highest BCUT2D eigenvalue weighted by atomic mass is 31.2. The lowest BCUT2D eigenvalue weighted by molar-refractivity contribution is -0.137. The van der Waals surface area contributed by atoms with E-state index in [4.69, 9.17) is 0 Å². The number of hydrogen-bond donors (Lipinski definition) is 1. The number of ketones is 1. The quantitative estimate of drug-likeness (QED) is 0.713. The molecule has 84 valence electrons. The van der Waals surface area contributed by atoms with Crippen molar-refractivity contribution in [2.24, 2.45) is 0 Å². The fourth-order valence-corrected chi connectivity index (χ4v) is 1.82. The number of rotatable bonds is 5. The van der Waals surface area contributed by atoms with Gasteiger partial charge in [0, 0.05) is 14.2 Å². The Morgan fingerprint density at radius 3 is 2.00 bits per heavy atom. The van der Waals surface area contributed by atoms with Crippen LogP contribution in [0.2, 0.25) is 0 Å². The molecule has 0 spiro atoms. The molecule has 7 heteroatoms. The van der Waals surface area contributed by atoms with E-state index < -0.39 is 24.9 Å². The summed E-state index contributed by atoms with van der Waals surface area (Å²) >= 11 is 0. The summed E-state index contributed by atoms with van der Waals surface area (Å²) in [5.41, 5.74) is -1.91. The van der Waals surface area contributed by atoms with Gasteiger partial charge in [0.05, 0.1) is 0 Å². The van der Waals surface area contributed by atoms with Crippen LogP contribution < -0.4 is 0 Å². The Morgan fingerprint density at radius 1 is 1.43 bits per heavy atom. The van der Waals surface area contributed by atoms with E-state index in [1.165, 1.54) is 0 Å². The van der Waals surface area contributed by atoms with E-state index >= 15 is 0 Å². The van der Waals surface area contributed by atoms with Gasteiger partial charge in [0.15, 0.2) is 0 Å². The minimum Gasteiger partial charge on any atom is -0.383 e. The van der Waals surface area contributed by atoms with Gasteiger partial charge in [-0.2, -0.15) is 0 Å². The molecule has 0 aliphatic heterocycles. The summed E-state index contributed by atoms with van der Waals surface area (Å²) in [7, 11) is -2.17. The zero-order chi connectivity index (χ0) is 11.6. The summed E-state index contributed by atoms with van der Waals surface area (Å²) in [5.74, 6) is -3.71. The molecule has 0 rings (SSSR count). The highest BCUT2D eigenvalue weighted by Gasteiger charge is 2.45. The van der Waals surface area contributed by atoms with Gasteiger partial charge in [-0.05, 0) is 13.8 Å². The topological polar surface area (TPSA) is 72.8 Å². The largest absolute Gasteiger partial charge is 0.383 e. The Balaban J connectivity index is 4.87. The van der Waals surface area contributed by atoms with Crippen molar-refractivity contribution >= 4 is 13.4 Å². The number of carbonyl (C=O) groups excluding carboxylic acids is 1. The van der Waals surface area contributed by atoms with Crippen molar-refractivity contribution in [2.45, 2.75) is 25.4 Å². The summed E-state index contributed by atoms with van der Waals surface area (Å²) < 4.78 is 33.3. The average molecular weight is 228 g/mol. The third kappa shape index (κ3) is 2.85. The first-order valence-electron chi connectivity index (χ1n) is 3.81. The van der Waals surface area contributed by atoms with Crippen molar-refractivity contribution in [2.75, 3.05) is 14.2 Å². The van der Waals surface area contributed by atoms with Crippen molar-refractivity contribution in [3.8, 4) is 0 Å². The summed E-state index contributed by atoms with van der Waals surface area (Å²) in [5, 5.41) is 9.19. The van der Waals surface area contributed by atoms with E-state index in [-0.39, 0.29) is 0 Å². The summed E-state index contributed by atoms with van der Waals surface area (Å²) in [6.07, 6.45) is 0. The van der Waals surface area contributed by atoms with Crippen LogP contribution in [-0.4, -0.2) is 36.6 Å². The van der Waals surface area contributed by atoms with E-state index in [0.717, 1.165) is 28.1 Å². The van der Waals surface area contributed by atoms with E-state index in [9.17, 15) is 18.9 Å². The van der Waals surface area contributed by atoms with Gasteiger partial charge in [-0.25, -0.2) is 4.39 Å². The second kappa shape index (κ2) is 4.49. The number of Topliss-reactive ketones (excluding diaryl/α,β-unsaturated/α-hetero) is 1. The van der Waals surface area contributed by atoms with E-state index in [0.29, 0.717) is 0 Å². The third-order valence-electron chi connectivity index (χ3n) is 1.61. The maximum Gasteiger partial charge on any atom is 0.371 e. The molecule has 0 aromatic rings. The lowest BCUT2D eigenvalue weighted by Gasteiger charge is -2.22. The lowest BCUT2D eigenvalue weighted by Crippen LogP contribution is -2.38. The van der Waals surface area contributed by atoms with Gasteiger partial charge >= 0.3 is 7.60 Å². The molecule has 0 aliphatic carbocycles. The van der Waals surface area contributed by atoms with E-state index in [1.54, 1.807) is 0 Å². The van der Waals surface area contributed by atoms with Crippen molar-refractivity contribution in [3.63, 3.8) is 0 Å². The Morgan fingerprint density at radius 2 is 1.79 bits per heavy atom. The second-order valence-electron chi connectivity index (χ2n) is 3.16. The predicted octanol–water partition coefficient (Wildman–Crippen LogP) is 1.11. The summed E-state index contributed by atoms with van der Waals surface area (Å²) in [6.45, 7) is 2.19. The number of aliphatic hydroxyl groups is 1. The molecule has 0 saturated heterocycles. The summed E-state index contributed by atoms with van der Waals surface area (Å²) in [6, 6.07) is 0. The zero-order valence-electron chi connectivity index (χ0n) is 8.48. The molecule has 0 amide bonds. The van der Waals surface area contributed by atoms with Gasteiger partial charge in [-0.1, -0.05) is 0 Å². The Hall–Kier alpha value is -0.290. The number of alkyl halides is 1. The van der Waals surface area contributed by atoms with Gasteiger partial charge in [0.2, 0.25) is 5.78 Å². The number of carbonyl (C=O) groups is 1. The number of hydrogen-bond acceptors (Lipinski definition) is 5. The fourth-order valence-electron chi connectivity index (χ4n) is 0.695. The van der Waals surface area contributed by atoms with Gasteiger partial charge in [-0.15, -0.1) is 0 Å². The fraction of sp³-hybridized carbons (Fsp3) is 0.857. The van der Waals surface area contributed by atoms with Crippen molar-refractivity contribution in [1.29, 1.82) is 0 Å². The maximum atomic E-state index is 13.3. The average Bonchev–Trinajstić information content (AvgIpc) is 2.12. The molecular formula is C7H14FO5P. The lowest BCUT2D eigenvalue weighted by atomic mass is 10.1. The first kappa shape index (κ1) is 13.7. The minimum atomic E-state index is -4.10. The molecule has 5 nitrogen and oxygen atoms in total. The molecule has 0 aliphatic rings. The standard InChI is InChI=1S/C7H14FO5P/c1-7(2,10)5(9)6(8)14(11,12-3)13-4/h6,10H,1-4H3. The number of halogens is 1. The Kier molecular flexibility index (Phi) is 4.39. The highest BCUT2D eigenvalue weighted by molar-refractivity contribution is 7.55. The molecule has 14 heavy (non-hydrogen) atoms. The van der Waals surface area contributed by atoms with E-state index in [1.807, 2.05) is 0 Å². The van der Waals surface area contributed by atoms with Gasteiger partial charge in [0.1, 0.15) is 5.60 Å². The molecule has 0 heterocycles. The van der Waals surface area contributed by atoms with Crippen LogP contribution in [0.15, 0.2) is 0 Å². The molecule has 0 saturated carbocycles. The van der Waals surface area contributed by atoms with Crippen LogP contribution in [0.5, 0.6) is 0 Å². The van der Waals surface area contributed by atoms with Gasteiger partial charge < -0.3 is 14.2 Å². The van der Waals surface area contributed by atoms with Gasteiger partial charge in [-0.3, -0.25) is 9.36 Å². The molecule has 0 aromatic carbocycles. The van der Waals surface area contributed by atoms with Crippen molar-refractivity contribution < 1.29 is 27.9 Å². The van der Waals surface area contributed by atoms with Crippen LogP contribution in [0.25, 0.3) is 0 Å². The molecule has 1 unspecified atom stereocenters. The molecule has 1 N–H and O–H groups in total. The highest BCUT2D eigenvalue weighted by Crippen LogP contribution is 2.53. The minimum absolute atomic E-state index is 0.967. The summed E-state index contributed by atoms with van der Waals surface area (Å²) in [4.78, 5) is 11.2. The SMILES string of the molecule is COP(=O)(OC)C(F)C(=O)C(C)(C)O. The monoisotopic (exact) mass is 228 g/mol. The van der Waals surface area contributed by atoms with Gasteiger partial charge in [0.25, 0.3) is 5.91 Å². The third-order valence-corrected chi connectivity index (χ3v) is 3.41. The van der Waals surface area contributed by atoms with E-state index in [2.05, 4.69) is 9.05 Å². The van der Waals surface area contributed by atoms with Crippen LogP contribution in [-0.2, 0) is 18.4 Å². The first-order chi connectivity index (χ1) is 6.19. The molecule has 0 fully saturated rings. The van der Waals surface area contributed by atoms with Crippen molar-refractivity contribution in [3.05, 3.63) is 0 Å². The zero-order valence-corrected chi connectivity index (χ0v) is 9.38. The molecular weight excluding hydrogens is 214 g/mol. The second-order valence-corrected chi connectivity index (χ2v) is 5.43. The predicted molar refractivity (Wildman–Crippen MR) is 47.8 cm³/mol. The Bertz CT molecular complexity index is 251. The van der Waals surface area contributed by atoms with Crippen LogP contribution >= 0.6 is 7.60 Å². The first-order valence-corrected chi connectivity index (χ1v) is 5.42. The van der Waals surface area contributed by atoms with Crippen LogP contribution in [0, 0.1) is 0 Å². The molecule has 0 radical (unpaired) electrons. The normalized spacial score (nSPS) is 15.3. The van der Waals surface area contributed by atoms with Crippen LogP contribution in [0.1, 0.15) is 13.8 Å². The van der Waals surface area contributed by atoms with Crippen LogP contribution in [0.3, 0.4) is 0 Å². The Labute approximate surface area is 81.7 Å². The molecule has 0 bridgehead atoms. The smallest absolute Gasteiger partial charge is 0.371 e.